The summed E-state index contributed by atoms with van der Waals surface area (Å²) in [6.07, 6.45) is 4.31. The average molecular weight is 250 g/mol. The normalized spacial score (nSPS) is 18.2. The molecule has 0 radical (unpaired) electrons. The molecular formula is C10H20ClN3O2. The van der Waals surface area contributed by atoms with Crippen LogP contribution in [0.4, 0.5) is 0 Å². The second-order valence-corrected chi connectivity index (χ2v) is 4.02. The molecule has 1 aliphatic rings. The molecular weight excluding hydrogens is 230 g/mol. The highest BCUT2D eigenvalue weighted by atomic mass is 35.5. The quantitative estimate of drug-likeness (QED) is 0.739. The predicted molar refractivity (Wildman–Crippen MR) is 64.1 cm³/mol. The van der Waals surface area contributed by atoms with Crippen molar-refractivity contribution in [1.29, 1.82) is 0 Å². The lowest BCUT2D eigenvalue weighted by atomic mass is 10.2. The number of rotatable bonds is 3. The van der Waals surface area contributed by atoms with Gasteiger partial charge in [0.15, 0.2) is 0 Å². The molecule has 1 rings (SSSR count). The van der Waals surface area contributed by atoms with Gasteiger partial charge >= 0.3 is 0 Å². The Morgan fingerprint density at radius 3 is 2.06 bits per heavy atom. The van der Waals surface area contributed by atoms with Crippen molar-refractivity contribution in [3.63, 3.8) is 0 Å². The lowest BCUT2D eigenvalue weighted by Gasteiger charge is -2.23. The van der Waals surface area contributed by atoms with E-state index in [4.69, 9.17) is 11.5 Å². The van der Waals surface area contributed by atoms with Gasteiger partial charge in [0.2, 0.25) is 11.8 Å². The van der Waals surface area contributed by atoms with Crippen LogP contribution < -0.4 is 11.5 Å². The molecule has 0 aliphatic carbocycles. The Bertz CT molecular complexity index is 240. The maximum Gasteiger partial charge on any atom is 0.240 e. The Hall–Kier alpha value is -0.810. The molecule has 1 heterocycles. The number of nitrogens with two attached hydrogens (primary N) is 2. The van der Waals surface area contributed by atoms with Gasteiger partial charge in [0, 0.05) is 13.1 Å². The van der Waals surface area contributed by atoms with E-state index in [-0.39, 0.29) is 24.7 Å². The fraction of sp³-hybridized carbons (Fsp3) is 0.800. The summed E-state index contributed by atoms with van der Waals surface area (Å²) < 4.78 is 0. The SMILES string of the molecule is Cl.NC(=O)CC(N)C(=O)N1CCCCCC1. The van der Waals surface area contributed by atoms with Gasteiger partial charge in [-0.25, -0.2) is 0 Å². The van der Waals surface area contributed by atoms with Gasteiger partial charge in [-0.1, -0.05) is 12.8 Å². The molecule has 0 saturated carbocycles. The fourth-order valence-electron chi connectivity index (χ4n) is 1.83. The van der Waals surface area contributed by atoms with Crippen molar-refractivity contribution in [2.45, 2.75) is 38.1 Å². The van der Waals surface area contributed by atoms with Crippen LogP contribution in [0.1, 0.15) is 32.1 Å². The van der Waals surface area contributed by atoms with Crippen molar-refractivity contribution in [2.75, 3.05) is 13.1 Å². The molecule has 16 heavy (non-hydrogen) atoms. The number of carbonyl (C=O) groups is 2. The van der Waals surface area contributed by atoms with Gasteiger partial charge in [0.1, 0.15) is 0 Å². The van der Waals surface area contributed by atoms with Gasteiger partial charge in [0.05, 0.1) is 12.5 Å². The Balaban J connectivity index is 0.00000225. The smallest absolute Gasteiger partial charge is 0.240 e. The third-order valence-corrected chi connectivity index (χ3v) is 2.66. The monoisotopic (exact) mass is 249 g/mol. The van der Waals surface area contributed by atoms with Crippen LogP contribution in [0.5, 0.6) is 0 Å². The number of halogens is 1. The van der Waals surface area contributed by atoms with Crippen molar-refractivity contribution < 1.29 is 9.59 Å². The number of amides is 2. The zero-order chi connectivity index (χ0) is 11.3. The standard InChI is InChI=1S/C10H19N3O2.ClH/c11-8(7-9(12)14)10(15)13-5-3-1-2-4-6-13;/h8H,1-7,11H2,(H2,12,14);1H. The average Bonchev–Trinajstić information content (AvgIpc) is 2.43. The molecule has 1 fully saturated rings. The third-order valence-electron chi connectivity index (χ3n) is 2.66. The molecule has 94 valence electrons. The van der Waals surface area contributed by atoms with Crippen molar-refractivity contribution in [3.05, 3.63) is 0 Å². The van der Waals surface area contributed by atoms with E-state index in [1.807, 2.05) is 0 Å². The Kier molecular flexibility index (Phi) is 7.08. The molecule has 0 aromatic rings. The van der Waals surface area contributed by atoms with E-state index in [0.29, 0.717) is 0 Å². The number of nitrogens with zero attached hydrogens (tertiary/aromatic N) is 1. The van der Waals surface area contributed by atoms with Crippen molar-refractivity contribution in [3.8, 4) is 0 Å². The van der Waals surface area contributed by atoms with Crippen LogP contribution in [0.3, 0.4) is 0 Å². The lowest BCUT2D eigenvalue weighted by Crippen LogP contribution is -2.45. The first kappa shape index (κ1) is 15.2. The molecule has 0 aromatic carbocycles. The minimum Gasteiger partial charge on any atom is -0.370 e. The highest BCUT2D eigenvalue weighted by molar-refractivity contribution is 5.87. The maximum atomic E-state index is 11.8. The fourth-order valence-corrected chi connectivity index (χ4v) is 1.83. The summed E-state index contributed by atoms with van der Waals surface area (Å²) in [6, 6.07) is -0.763. The van der Waals surface area contributed by atoms with Gasteiger partial charge in [0.25, 0.3) is 0 Å². The maximum absolute atomic E-state index is 11.8. The zero-order valence-electron chi connectivity index (χ0n) is 9.35. The van der Waals surface area contributed by atoms with Crippen molar-refractivity contribution >= 4 is 24.2 Å². The number of hydrogen-bond donors (Lipinski definition) is 2. The molecule has 5 nitrogen and oxygen atoms in total. The summed E-state index contributed by atoms with van der Waals surface area (Å²) >= 11 is 0. The van der Waals surface area contributed by atoms with Gasteiger partial charge in [-0.15, -0.1) is 12.4 Å². The predicted octanol–water partition coefficient (Wildman–Crippen LogP) is 0.0135. The van der Waals surface area contributed by atoms with E-state index >= 15 is 0 Å². The van der Waals surface area contributed by atoms with E-state index in [1.54, 1.807) is 4.90 Å². The van der Waals surface area contributed by atoms with E-state index in [1.165, 1.54) is 0 Å². The van der Waals surface area contributed by atoms with Gasteiger partial charge in [-0.05, 0) is 12.8 Å². The molecule has 1 atom stereocenters. The van der Waals surface area contributed by atoms with Crippen molar-refractivity contribution in [2.24, 2.45) is 11.5 Å². The molecule has 0 bridgehead atoms. The summed E-state index contributed by atoms with van der Waals surface area (Å²) in [7, 11) is 0. The van der Waals surface area contributed by atoms with Crippen LogP contribution in [0.2, 0.25) is 0 Å². The molecule has 2 amide bonds. The topological polar surface area (TPSA) is 89.4 Å². The molecule has 4 N–H and O–H groups in total. The Morgan fingerprint density at radius 1 is 1.12 bits per heavy atom. The van der Waals surface area contributed by atoms with Crippen LogP contribution in [-0.2, 0) is 9.59 Å². The number of likely N-dealkylation sites (tertiary alicyclic amines) is 1. The van der Waals surface area contributed by atoms with Crippen molar-refractivity contribution in [1.82, 2.24) is 4.90 Å². The van der Waals surface area contributed by atoms with Crippen LogP contribution in [0.15, 0.2) is 0 Å². The molecule has 0 spiro atoms. The number of primary amides is 1. The van der Waals surface area contributed by atoms with E-state index in [2.05, 4.69) is 0 Å². The van der Waals surface area contributed by atoms with Gasteiger partial charge in [-0.3, -0.25) is 9.59 Å². The van der Waals surface area contributed by atoms with Gasteiger partial charge < -0.3 is 16.4 Å². The minimum absolute atomic E-state index is 0. The molecule has 0 aromatic heterocycles. The first-order valence-electron chi connectivity index (χ1n) is 5.44. The van der Waals surface area contributed by atoms with E-state index in [9.17, 15) is 9.59 Å². The van der Waals surface area contributed by atoms with Gasteiger partial charge in [-0.2, -0.15) is 0 Å². The van der Waals surface area contributed by atoms with Crippen LogP contribution in [0.25, 0.3) is 0 Å². The molecule has 1 unspecified atom stereocenters. The van der Waals surface area contributed by atoms with E-state index < -0.39 is 11.9 Å². The Morgan fingerprint density at radius 2 is 1.62 bits per heavy atom. The first-order valence-corrected chi connectivity index (χ1v) is 5.44. The van der Waals surface area contributed by atoms with Crippen LogP contribution in [-0.4, -0.2) is 35.8 Å². The summed E-state index contributed by atoms with van der Waals surface area (Å²) in [5, 5.41) is 0. The summed E-state index contributed by atoms with van der Waals surface area (Å²) in [5.74, 6) is -0.665. The lowest BCUT2D eigenvalue weighted by molar-refractivity contribution is -0.134. The van der Waals surface area contributed by atoms with Crippen LogP contribution >= 0.6 is 12.4 Å². The zero-order valence-corrected chi connectivity index (χ0v) is 10.2. The number of carbonyl (C=O) groups excluding carboxylic acids is 2. The second-order valence-electron chi connectivity index (χ2n) is 4.02. The molecule has 1 aliphatic heterocycles. The Labute approximate surface area is 102 Å². The molecule has 6 heteroatoms. The third kappa shape index (κ3) is 4.81. The highest BCUT2D eigenvalue weighted by Crippen LogP contribution is 2.10. The second kappa shape index (κ2) is 7.46. The number of hydrogen-bond acceptors (Lipinski definition) is 3. The van der Waals surface area contributed by atoms with Crippen LogP contribution in [0, 0.1) is 0 Å². The first-order chi connectivity index (χ1) is 7.11. The van der Waals surface area contributed by atoms with E-state index in [0.717, 1.165) is 38.8 Å². The summed E-state index contributed by atoms with van der Waals surface area (Å²) in [4.78, 5) is 24.2. The largest absolute Gasteiger partial charge is 0.370 e. The minimum atomic E-state index is -0.763. The highest BCUT2D eigenvalue weighted by Gasteiger charge is 2.22. The summed E-state index contributed by atoms with van der Waals surface area (Å²) in [6.45, 7) is 1.51. The molecule has 1 saturated heterocycles. The summed E-state index contributed by atoms with van der Waals surface area (Å²) in [5.41, 5.74) is 10.6.